The van der Waals surface area contributed by atoms with E-state index >= 15 is 0 Å². The van der Waals surface area contributed by atoms with E-state index in [0.29, 0.717) is 0 Å². The SMILES string of the molecule is Fc1ccccc1CSCC[NH2+][C@H]1C[C@@H]2CC=C[C@@H]21. The summed E-state index contributed by atoms with van der Waals surface area (Å²) in [6, 6.07) is 7.90. The van der Waals surface area contributed by atoms with Crippen LogP contribution in [-0.2, 0) is 5.75 Å². The first-order valence-electron chi connectivity index (χ1n) is 7.16. The quantitative estimate of drug-likeness (QED) is 0.625. The molecule has 0 amide bonds. The van der Waals surface area contributed by atoms with Crippen molar-refractivity contribution in [3.8, 4) is 0 Å². The van der Waals surface area contributed by atoms with E-state index in [1.807, 2.05) is 23.9 Å². The van der Waals surface area contributed by atoms with Crippen molar-refractivity contribution in [3.63, 3.8) is 0 Å². The molecule has 1 nitrogen and oxygen atoms in total. The lowest BCUT2D eigenvalue weighted by Crippen LogP contribution is -2.94. The number of allylic oxidation sites excluding steroid dienone is 1. The lowest BCUT2D eigenvalue weighted by molar-refractivity contribution is -0.704. The van der Waals surface area contributed by atoms with E-state index < -0.39 is 0 Å². The fraction of sp³-hybridized carbons (Fsp3) is 0.500. The van der Waals surface area contributed by atoms with Crippen LogP contribution in [0.3, 0.4) is 0 Å². The molecule has 1 aromatic carbocycles. The van der Waals surface area contributed by atoms with Gasteiger partial charge in [0.05, 0.1) is 12.6 Å². The zero-order valence-electron chi connectivity index (χ0n) is 11.1. The average Bonchev–Trinajstić information content (AvgIpc) is 2.77. The van der Waals surface area contributed by atoms with Gasteiger partial charge in [0, 0.05) is 23.8 Å². The number of thioether (sulfide) groups is 1. The minimum Gasteiger partial charge on any atom is -0.343 e. The Kier molecular flexibility index (Phi) is 4.24. The Morgan fingerprint density at radius 1 is 1.32 bits per heavy atom. The molecule has 0 aliphatic heterocycles. The Morgan fingerprint density at radius 3 is 3.05 bits per heavy atom. The van der Waals surface area contributed by atoms with Crippen molar-refractivity contribution in [2.45, 2.75) is 24.6 Å². The number of hydrogen-bond donors (Lipinski definition) is 1. The van der Waals surface area contributed by atoms with Crippen LogP contribution in [0.2, 0.25) is 0 Å². The molecule has 3 rings (SSSR count). The lowest BCUT2D eigenvalue weighted by atomic mass is 9.71. The van der Waals surface area contributed by atoms with Crippen molar-refractivity contribution in [1.82, 2.24) is 0 Å². The molecule has 2 aliphatic carbocycles. The zero-order chi connectivity index (χ0) is 13.1. The van der Waals surface area contributed by atoms with E-state index in [1.54, 1.807) is 12.1 Å². The van der Waals surface area contributed by atoms with Gasteiger partial charge in [-0.05, 0) is 24.0 Å². The Balaban J connectivity index is 1.32. The number of halogens is 1. The molecule has 1 fully saturated rings. The molecular weight excluding hydrogens is 257 g/mol. The minimum atomic E-state index is -0.0723. The molecule has 1 aromatic rings. The summed E-state index contributed by atoms with van der Waals surface area (Å²) in [6.07, 6.45) is 7.44. The van der Waals surface area contributed by atoms with E-state index in [0.717, 1.165) is 41.5 Å². The third-order valence-electron chi connectivity index (χ3n) is 4.36. The second-order valence-corrected chi connectivity index (χ2v) is 6.67. The summed E-state index contributed by atoms with van der Waals surface area (Å²) < 4.78 is 13.4. The van der Waals surface area contributed by atoms with Crippen LogP contribution in [0.4, 0.5) is 4.39 Å². The van der Waals surface area contributed by atoms with Gasteiger partial charge in [0.1, 0.15) is 5.82 Å². The predicted molar refractivity (Wildman–Crippen MR) is 78.5 cm³/mol. The molecule has 0 radical (unpaired) electrons. The summed E-state index contributed by atoms with van der Waals surface area (Å²) in [5.74, 6) is 3.61. The number of benzene rings is 1. The Hall–Kier alpha value is -0.800. The molecule has 0 saturated heterocycles. The van der Waals surface area contributed by atoms with Crippen LogP contribution in [0.5, 0.6) is 0 Å². The molecule has 102 valence electrons. The molecule has 0 bridgehead atoms. The molecule has 2 N–H and O–H groups in total. The number of hydrogen-bond acceptors (Lipinski definition) is 1. The second kappa shape index (κ2) is 6.10. The van der Waals surface area contributed by atoms with E-state index in [9.17, 15) is 4.39 Å². The second-order valence-electron chi connectivity index (χ2n) is 5.57. The van der Waals surface area contributed by atoms with E-state index in [1.165, 1.54) is 12.8 Å². The molecule has 3 atom stereocenters. The van der Waals surface area contributed by atoms with Gasteiger partial charge in [-0.15, -0.1) is 0 Å². The Labute approximate surface area is 118 Å². The van der Waals surface area contributed by atoms with Crippen molar-refractivity contribution in [1.29, 1.82) is 0 Å². The molecular formula is C16H21FNS+. The van der Waals surface area contributed by atoms with Crippen LogP contribution in [0.25, 0.3) is 0 Å². The van der Waals surface area contributed by atoms with E-state index in [-0.39, 0.29) is 5.82 Å². The highest BCUT2D eigenvalue weighted by atomic mass is 32.2. The highest BCUT2D eigenvalue weighted by Gasteiger charge is 2.43. The van der Waals surface area contributed by atoms with Gasteiger partial charge in [-0.2, -0.15) is 11.8 Å². The van der Waals surface area contributed by atoms with E-state index in [2.05, 4.69) is 17.5 Å². The maximum Gasteiger partial charge on any atom is 0.127 e. The fourth-order valence-corrected chi connectivity index (χ4v) is 4.10. The summed E-state index contributed by atoms with van der Waals surface area (Å²) >= 11 is 1.83. The highest BCUT2D eigenvalue weighted by Crippen LogP contribution is 2.40. The first-order chi connectivity index (χ1) is 9.34. The van der Waals surface area contributed by atoms with Crippen molar-refractivity contribution in [2.75, 3.05) is 12.3 Å². The first kappa shape index (κ1) is 13.2. The van der Waals surface area contributed by atoms with Gasteiger partial charge in [0.2, 0.25) is 0 Å². The van der Waals surface area contributed by atoms with Gasteiger partial charge >= 0.3 is 0 Å². The van der Waals surface area contributed by atoms with Crippen LogP contribution in [0, 0.1) is 17.7 Å². The maximum atomic E-state index is 13.4. The number of fused-ring (bicyclic) bond motifs is 1. The summed E-state index contributed by atoms with van der Waals surface area (Å²) in [4.78, 5) is 0. The minimum absolute atomic E-state index is 0.0723. The molecule has 0 aromatic heterocycles. The molecule has 19 heavy (non-hydrogen) atoms. The van der Waals surface area contributed by atoms with Crippen molar-refractivity contribution >= 4 is 11.8 Å². The summed E-state index contributed by atoms with van der Waals surface area (Å²) in [6.45, 7) is 1.15. The van der Waals surface area contributed by atoms with Crippen molar-refractivity contribution in [2.24, 2.45) is 11.8 Å². The molecule has 2 aliphatic rings. The number of quaternary nitrogens is 1. The van der Waals surface area contributed by atoms with Gasteiger partial charge in [-0.25, -0.2) is 4.39 Å². The normalized spacial score (nSPS) is 28.2. The van der Waals surface area contributed by atoms with Gasteiger partial charge in [-0.1, -0.05) is 30.4 Å². The topological polar surface area (TPSA) is 16.6 Å². The molecule has 3 heteroatoms. The van der Waals surface area contributed by atoms with Crippen LogP contribution in [-0.4, -0.2) is 18.3 Å². The lowest BCUT2D eigenvalue weighted by Gasteiger charge is -2.37. The smallest absolute Gasteiger partial charge is 0.127 e. The average molecular weight is 278 g/mol. The van der Waals surface area contributed by atoms with E-state index in [4.69, 9.17) is 0 Å². The Bertz CT molecular complexity index is 460. The standard InChI is InChI=1S/C16H20FNS/c17-15-7-2-1-4-13(15)11-19-9-8-18-16-10-12-5-3-6-14(12)16/h1-4,6-7,12,14,16,18H,5,8-11H2/p+1/t12-,14-,16-/m0/s1. The monoisotopic (exact) mass is 278 g/mol. The highest BCUT2D eigenvalue weighted by molar-refractivity contribution is 7.98. The molecule has 0 unspecified atom stereocenters. The van der Waals surface area contributed by atoms with Crippen LogP contribution >= 0.6 is 11.8 Å². The van der Waals surface area contributed by atoms with Crippen molar-refractivity contribution in [3.05, 3.63) is 47.8 Å². The van der Waals surface area contributed by atoms with Crippen molar-refractivity contribution < 1.29 is 9.71 Å². The molecule has 1 saturated carbocycles. The third-order valence-corrected chi connectivity index (χ3v) is 5.40. The van der Waals surface area contributed by atoms with Crippen LogP contribution in [0.1, 0.15) is 18.4 Å². The van der Waals surface area contributed by atoms with Gasteiger partial charge < -0.3 is 5.32 Å². The molecule has 0 spiro atoms. The largest absolute Gasteiger partial charge is 0.343 e. The summed E-state index contributed by atoms with van der Waals surface area (Å²) in [5.41, 5.74) is 0.829. The van der Waals surface area contributed by atoms with Gasteiger partial charge in [-0.3, -0.25) is 0 Å². The number of rotatable bonds is 6. The Morgan fingerprint density at radius 2 is 2.21 bits per heavy atom. The summed E-state index contributed by atoms with van der Waals surface area (Å²) in [5, 5.41) is 2.49. The van der Waals surface area contributed by atoms with Crippen LogP contribution in [0.15, 0.2) is 36.4 Å². The van der Waals surface area contributed by atoms with Crippen LogP contribution < -0.4 is 5.32 Å². The predicted octanol–water partition coefficient (Wildman–Crippen LogP) is 2.59. The maximum absolute atomic E-state index is 13.4. The van der Waals surface area contributed by atoms with Gasteiger partial charge in [0.25, 0.3) is 0 Å². The fourth-order valence-electron chi connectivity index (χ4n) is 3.20. The zero-order valence-corrected chi connectivity index (χ0v) is 11.9. The third kappa shape index (κ3) is 3.03. The van der Waals surface area contributed by atoms with Gasteiger partial charge in [0.15, 0.2) is 0 Å². The number of nitrogens with two attached hydrogens (primary N) is 1. The summed E-state index contributed by atoms with van der Waals surface area (Å²) in [7, 11) is 0. The first-order valence-corrected chi connectivity index (χ1v) is 8.31. The molecule has 0 heterocycles.